The third-order valence-corrected chi connectivity index (χ3v) is 6.93. The van der Waals surface area contributed by atoms with Gasteiger partial charge < -0.3 is 29.6 Å². The number of carbonyl (C=O) groups excluding carboxylic acids is 1. The van der Waals surface area contributed by atoms with Crippen molar-refractivity contribution >= 4 is 42.8 Å². The number of aromatic nitrogens is 3. The van der Waals surface area contributed by atoms with E-state index in [-0.39, 0.29) is 29.0 Å². The summed E-state index contributed by atoms with van der Waals surface area (Å²) in [5.74, 6) is -4.91. The molecule has 0 unspecified atom stereocenters. The summed E-state index contributed by atoms with van der Waals surface area (Å²) in [6, 6.07) is 4.66. The molecule has 0 fully saturated rings. The number of amides is 1. The van der Waals surface area contributed by atoms with Gasteiger partial charge in [0.1, 0.15) is 12.5 Å². The average molecular weight is 618 g/mol. The van der Waals surface area contributed by atoms with E-state index < -0.39 is 76.1 Å². The third-order valence-electron chi connectivity index (χ3n) is 5.60. The molecule has 17 heteroatoms. The van der Waals surface area contributed by atoms with Crippen LogP contribution in [-0.4, -0.2) is 68.5 Å². The highest BCUT2D eigenvalue weighted by molar-refractivity contribution is 7.48. The monoisotopic (exact) mass is 617 g/mol. The van der Waals surface area contributed by atoms with Crippen molar-refractivity contribution in [3.63, 3.8) is 0 Å². The van der Waals surface area contributed by atoms with Crippen molar-refractivity contribution in [2.45, 2.75) is 19.4 Å². The predicted molar refractivity (Wildman–Crippen MR) is 149 cm³/mol. The molecule has 1 aromatic carbocycles. The molecule has 0 atom stereocenters. The van der Waals surface area contributed by atoms with E-state index in [4.69, 9.17) is 44.9 Å². The number of anilines is 5. The van der Waals surface area contributed by atoms with Crippen LogP contribution in [0.25, 0.3) is 0 Å². The molecule has 0 spiro atoms. The van der Waals surface area contributed by atoms with Gasteiger partial charge in [0.2, 0.25) is 11.7 Å². The number of phosphoric ester groups is 1. The predicted octanol–water partition coefficient (Wildman–Crippen LogP) is 4.40. The number of ether oxygens (including phenoxy) is 4. The van der Waals surface area contributed by atoms with E-state index in [2.05, 4.69) is 25.6 Å². The van der Waals surface area contributed by atoms with Gasteiger partial charge in [-0.3, -0.25) is 23.3 Å². The number of fused-ring (bicyclic) bond motifs is 1. The number of hydrogen-bond acceptors (Lipinski definition) is 14. The molecule has 3 heterocycles. The lowest BCUT2D eigenvalue weighted by Gasteiger charge is -2.37. The zero-order valence-electron chi connectivity index (χ0n) is 31.4. The van der Waals surface area contributed by atoms with Gasteiger partial charge in [-0.25, -0.2) is 18.9 Å². The first-order valence-electron chi connectivity index (χ1n) is 16.1. The molecule has 42 heavy (non-hydrogen) atoms. The standard InChI is InChI=1S/C25H30FN6O9P/c1-25(2)23(33)32(13-40-42(34,38-6)39-7)22-16(41-25)8-9-19(30-22)29-21-15(26)12-27-24(31-21)28-14-10-17(35-3)20(37-5)18(11-14)36-4/h8-12H,13H2,1-7H3,(H2,27,28,29,30,31)/i3D3,4D3,5D3. The van der Waals surface area contributed by atoms with Gasteiger partial charge in [-0.1, -0.05) is 0 Å². The molecule has 15 nitrogen and oxygen atoms in total. The van der Waals surface area contributed by atoms with Gasteiger partial charge in [-0.15, -0.1) is 0 Å². The molecular formula is C25H30FN6O9P. The summed E-state index contributed by atoms with van der Waals surface area (Å²) in [7, 11) is -11.4. The van der Waals surface area contributed by atoms with Crippen LogP contribution in [0, 0.1) is 5.82 Å². The van der Waals surface area contributed by atoms with E-state index in [1.165, 1.54) is 26.0 Å². The number of rotatable bonds is 12. The van der Waals surface area contributed by atoms with Crippen molar-refractivity contribution in [3.05, 3.63) is 36.3 Å². The first-order valence-corrected chi connectivity index (χ1v) is 13.1. The van der Waals surface area contributed by atoms with Gasteiger partial charge in [0.15, 0.2) is 40.3 Å². The fourth-order valence-corrected chi connectivity index (χ4v) is 4.23. The number of phosphoric acid groups is 1. The van der Waals surface area contributed by atoms with Crippen molar-refractivity contribution in [1.29, 1.82) is 0 Å². The zero-order chi connectivity index (χ0) is 38.2. The van der Waals surface area contributed by atoms with Crippen molar-refractivity contribution in [1.82, 2.24) is 15.0 Å². The Balaban J connectivity index is 1.69. The molecule has 2 aromatic heterocycles. The summed E-state index contributed by atoms with van der Waals surface area (Å²) in [5, 5.41) is 5.22. The number of nitrogens with one attached hydrogen (secondary N) is 2. The fourth-order valence-electron chi connectivity index (χ4n) is 3.61. The van der Waals surface area contributed by atoms with Crippen molar-refractivity contribution in [2.24, 2.45) is 0 Å². The number of nitrogens with zero attached hydrogens (tertiary/aromatic N) is 4. The molecule has 4 rings (SSSR count). The summed E-state index contributed by atoms with van der Waals surface area (Å²) < 4.78 is 130. The second kappa shape index (κ2) is 12.3. The van der Waals surface area contributed by atoms with E-state index in [0.717, 1.165) is 37.4 Å². The Morgan fingerprint density at radius 2 is 1.76 bits per heavy atom. The molecule has 3 aromatic rings. The van der Waals surface area contributed by atoms with Gasteiger partial charge in [0.05, 0.1) is 39.6 Å². The second-order valence-electron chi connectivity index (χ2n) is 8.68. The van der Waals surface area contributed by atoms with Crippen LogP contribution in [0.4, 0.5) is 33.5 Å². The number of carbonyl (C=O) groups is 1. The highest BCUT2D eigenvalue weighted by Crippen LogP contribution is 2.48. The smallest absolute Gasteiger partial charge is 0.475 e. The Bertz CT molecular complexity index is 1790. The fraction of sp³-hybridized carbons (Fsp3) is 0.360. The van der Waals surface area contributed by atoms with Crippen LogP contribution < -0.4 is 34.5 Å². The topological polar surface area (TPSA) is 165 Å². The SMILES string of the molecule is [2H]C([2H])([2H])Oc1cc(Nc2ncc(F)c(Nc3ccc4c(n3)N(COP(=O)(OC)OC)C(=O)C(C)(C)O4)n2)cc(OC([2H])([2H])[2H])c1OC([2H])([2H])[2H]. The molecule has 1 amide bonds. The summed E-state index contributed by atoms with van der Waals surface area (Å²) in [6.45, 7) is 2.33. The largest absolute Gasteiger partial charge is 0.493 e. The quantitative estimate of drug-likeness (QED) is 0.275. The maximum Gasteiger partial charge on any atom is 0.475 e. The Kier molecular flexibility index (Phi) is 6.05. The third kappa shape index (κ3) is 6.31. The molecule has 1 aliphatic rings. The Morgan fingerprint density at radius 1 is 1.07 bits per heavy atom. The van der Waals surface area contributed by atoms with Gasteiger partial charge in [-0.05, 0) is 26.0 Å². The normalized spacial score (nSPS) is 18.2. The molecule has 1 aliphatic heterocycles. The lowest BCUT2D eigenvalue weighted by atomic mass is 10.1. The molecule has 0 saturated heterocycles. The number of methoxy groups -OCH3 is 3. The number of pyridine rings is 1. The number of halogens is 1. The molecule has 0 bridgehead atoms. The lowest BCUT2D eigenvalue weighted by Crippen LogP contribution is -2.53. The van der Waals surface area contributed by atoms with E-state index in [9.17, 15) is 13.8 Å². The molecule has 0 aliphatic carbocycles. The van der Waals surface area contributed by atoms with Crippen LogP contribution in [0.2, 0.25) is 0 Å². The van der Waals surface area contributed by atoms with E-state index >= 15 is 0 Å². The summed E-state index contributed by atoms with van der Waals surface area (Å²) in [5.41, 5.74) is -1.59. The molecule has 226 valence electrons. The van der Waals surface area contributed by atoms with Crippen LogP contribution in [0.5, 0.6) is 23.0 Å². The van der Waals surface area contributed by atoms with Gasteiger partial charge in [0.25, 0.3) is 5.91 Å². The first-order chi connectivity index (χ1) is 23.4. The maximum atomic E-state index is 15.0. The summed E-state index contributed by atoms with van der Waals surface area (Å²) in [6.07, 6.45) is 0.740. The zero-order valence-corrected chi connectivity index (χ0v) is 23.3. The highest BCUT2D eigenvalue weighted by Gasteiger charge is 2.43. The van der Waals surface area contributed by atoms with Crippen LogP contribution in [-0.2, 0) is 22.9 Å². The minimum atomic E-state index is -4.03. The maximum absolute atomic E-state index is 15.0. The number of hydrogen-bond donors (Lipinski definition) is 2. The molecule has 0 saturated carbocycles. The highest BCUT2D eigenvalue weighted by atomic mass is 31.2. The second-order valence-corrected chi connectivity index (χ2v) is 10.6. The van der Waals surface area contributed by atoms with Gasteiger partial charge >= 0.3 is 7.82 Å². The van der Waals surface area contributed by atoms with Gasteiger partial charge in [-0.2, -0.15) is 4.98 Å². The molecule has 0 radical (unpaired) electrons. The molecule has 2 N–H and O–H groups in total. The van der Waals surface area contributed by atoms with Crippen molar-refractivity contribution < 1.29 is 58.6 Å². The van der Waals surface area contributed by atoms with E-state index in [1.54, 1.807) is 0 Å². The first kappa shape index (κ1) is 20.6. The Labute approximate surface area is 253 Å². The van der Waals surface area contributed by atoms with Crippen LogP contribution >= 0.6 is 7.82 Å². The summed E-state index contributed by atoms with van der Waals surface area (Å²) in [4.78, 5) is 26.4. The Morgan fingerprint density at radius 3 is 2.40 bits per heavy atom. The van der Waals surface area contributed by atoms with Crippen molar-refractivity contribution in [2.75, 3.05) is 57.6 Å². The van der Waals surface area contributed by atoms with E-state index in [1.807, 2.05) is 0 Å². The minimum absolute atomic E-state index is 0.0760. The number of benzene rings is 1. The van der Waals surface area contributed by atoms with Crippen LogP contribution in [0.1, 0.15) is 26.2 Å². The average Bonchev–Trinajstić information content (AvgIpc) is 2.99. The summed E-state index contributed by atoms with van der Waals surface area (Å²) >= 11 is 0. The van der Waals surface area contributed by atoms with Crippen LogP contribution in [0.3, 0.4) is 0 Å². The molecular weight excluding hydrogens is 578 g/mol. The van der Waals surface area contributed by atoms with Gasteiger partial charge in [0, 0.05) is 32.0 Å². The van der Waals surface area contributed by atoms with Crippen LogP contribution in [0.15, 0.2) is 30.5 Å². The van der Waals surface area contributed by atoms with E-state index in [0.29, 0.717) is 0 Å². The Hall–Kier alpha value is -4.24. The minimum Gasteiger partial charge on any atom is -0.493 e. The lowest BCUT2D eigenvalue weighted by molar-refractivity contribution is -0.133. The van der Waals surface area contributed by atoms with Crippen molar-refractivity contribution in [3.8, 4) is 23.0 Å².